The molecule has 1 aliphatic carbocycles. The maximum Gasteiger partial charge on any atom is 0.231 e. The Morgan fingerprint density at radius 2 is 2.07 bits per heavy atom. The lowest BCUT2D eigenvalue weighted by molar-refractivity contribution is 0.102. The molecule has 2 aromatic rings. The van der Waals surface area contributed by atoms with E-state index in [1.165, 1.54) is 25.7 Å². The third-order valence-corrected chi connectivity index (χ3v) is 5.75. The molecule has 6 nitrogen and oxygen atoms in total. The summed E-state index contributed by atoms with van der Waals surface area (Å²) < 4.78 is 11.4. The van der Waals surface area contributed by atoms with Crippen LogP contribution in [0.4, 0.5) is 0 Å². The predicted molar refractivity (Wildman–Crippen MR) is 102 cm³/mol. The van der Waals surface area contributed by atoms with Gasteiger partial charge in [0.1, 0.15) is 0 Å². The average Bonchev–Trinajstić information content (AvgIpc) is 3.38. The van der Waals surface area contributed by atoms with Gasteiger partial charge in [0.15, 0.2) is 5.82 Å². The summed E-state index contributed by atoms with van der Waals surface area (Å²) in [5, 5.41) is 4.17. The molecule has 6 heteroatoms. The summed E-state index contributed by atoms with van der Waals surface area (Å²) in [5.41, 5.74) is 1.11. The number of piperidine rings is 1. The van der Waals surface area contributed by atoms with Crippen LogP contribution < -0.4 is 0 Å². The number of rotatable bonds is 8. The first-order valence-corrected chi connectivity index (χ1v) is 10.4. The minimum Gasteiger partial charge on any atom is -0.381 e. The molecule has 1 aliphatic heterocycles. The number of likely N-dealkylation sites (tertiary alicyclic amines) is 1. The number of aromatic nitrogens is 3. The molecule has 0 amide bonds. The van der Waals surface area contributed by atoms with Gasteiger partial charge in [0.2, 0.25) is 5.89 Å². The zero-order valence-electron chi connectivity index (χ0n) is 16.1. The number of nitrogens with zero attached hydrogens (tertiary/aromatic N) is 4. The van der Waals surface area contributed by atoms with Gasteiger partial charge in [-0.05, 0) is 50.3 Å². The summed E-state index contributed by atoms with van der Waals surface area (Å²) in [7, 11) is 0. The first kappa shape index (κ1) is 18.6. The van der Waals surface area contributed by atoms with Gasteiger partial charge < -0.3 is 9.26 Å². The minimum atomic E-state index is 0.322. The Hall–Kier alpha value is -1.79. The highest BCUT2D eigenvalue weighted by Gasteiger charge is 2.26. The molecule has 27 heavy (non-hydrogen) atoms. The zero-order chi connectivity index (χ0) is 18.3. The van der Waals surface area contributed by atoms with Crippen LogP contribution in [0.5, 0.6) is 0 Å². The zero-order valence-corrected chi connectivity index (χ0v) is 16.1. The Morgan fingerprint density at radius 3 is 2.93 bits per heavy atom. The fourth-order valence-electron chi connectivity index (χ4n) is 4.25. The topological polar surface area (TPSA) is 64.3 Å². The van der Waals surface area contributed by atoms with E-state index >= 15 is 0 Å². The van der Waals surface area contributed by atoms with Gasteiger partial charge in [-0.3, -0.25) is 9.88 Å². The molecule has 0 N–H and O–H groups in total. The number of ether oxygens (including phenoxy) is 1. The summed E-state index contributed by atoms with van der Waals surface area (Å²) in [4.78, 5) is 11.5. The van der Waals surface area contributed by atoms with Crippen LogP contribution in [-0.4, -0.2) is 46.3 Å². The molecule has 1 unspecified atom stereocenters. The smallest absolute Gasteiger partial charge is 0.231 e. The van der Waals surface area contributed by atoms with E-state index in [0.29, 0.717) is 12.5 Å². The molecular formula is C21H30N4O2. The lowest BCUT2D eigenvalue weighted by Crippen LogP contribution is -2.34. The summed E-state index contributed by atoms with van der Waals surface area (Å²) >= 11 is 0. The van der Waals surface area contributed by atoms with E-state index in [-0.39, 0.29) is 0 Å². The van der Waals surface area contributed by atoms with Crippen LogP contribution in [0, 0.1) is 5.92 Å². The highest BCUT2D eigenvalue weighted by atomic mass is 16.5. The normalized spacial score (nSPS) is 21.7. The Balaban J connectivity index is 1.23. The van der Waals surface area contributed by atoms with Gasteiger partial charge in [0.05, 0.1) is 18.2 Å². The van der Waals surface area contributed by atoms with Crippen LogP contribution in [0.15, 0.2) is 28.9 Å². The van der Waals surface area contributed by atoms with Gasteiger partial charge in [0.25, 0.3) is 0 Å². The second-order valence-corrected chi connectivity index (χ2v) is 7.92. The van der Waals surface area contributed by atoms with E-state index < -0.39 is 0 Å². The van der Waals surface area contributed by atoms with E-state index in [4.69, 9.17) is 9.26 Å². The van der Waals surface area contributed by atoms with Crippen LogP contribution in [-0.2, 0) is 17.7 Å². The van der Waals surface area contributed by atoms with Crippen molar-refractivity contribution in [3.8, 4) is 0 Å². The quantitative estimate of drug-likeness (QED) is 0.662. The fraction of sp³-hybridized carbons (Fsp3) is 0.667. The summed E-state index contributed by atoms with van der Waals surface area (Å²) in [6.07, 6.45) is 10.2. The Morgan fingerprint density at radius 1 is 1.15 bits per heavy atom. The largest absolute Gasteiger partial charge is 0.381 e. The van der Waals surface area contributed by atoms with Crippen molar-refractivity contribution in [2.75, 3.05) is 26.3 Å². The van der Waals surface area contributed by atoms with E-state index in [9.17, 15) is 0 Å². The third-order valence-electron chi connectivity index (χ3n) is 5.75. The Labute approximate surface area is 161 Å². The van der Waals surface area contributed by atoms with Crippen LogP contribution in [0.2, 0.25) is 0 Å². The Bertz CT molecular complexity index is 684. The second-order valence-electron chi connectivity index (χ2n) is 7.92. The van der Waals surface area contributed by atoms with Crippen molar-refractivity contribution < 1.29 is 9.26 Å². The monoisotopic (exact) mass is 370 g/mol. The number of hydrogen-bond donors (Lipinski definition) is 0. The SMILES string of the molecule is c1ccc(CN2CCCC(c3nc(CCOCC4CCCC4)no3)C2)nc1. The first-order chi connectivity index (χ1) is 13.4. The fourth-order valence-corrected chi connectivity index (χ4v) is 4.25. The van der Waals surface area contributed by atoms with Gasteiger partial charge in [-0.15, -0.1) is 0 Å². The van der Waals surface area contributed by atoms with Crippen molar-refractivity contribution in [3.63, 3.8) is 0 Å². The highest BCUT2D eigenvalue weighted by Crippen LogP contribution is 2.27. The van der Waals surface area contributed by atoms with Crippen molar-refractivity contribution in [1.29, 1.82) is 0 Å². The van der Waals surface area contributed by atoms with Crippen molar-refractivity contribution in [3.05, 3.63) is 41.8 Å². The Kier molecular flexibility index (Phi) is 6.48. The van der Waals surface area contributed by atoms with Gasteiger partial charge in [0, 0.05) is 32.3 Å². The summed E-state index contributed by atoms with van der Waals surface area (Å²) in [5.74, 6) is 2.64. The third kappa shape index (κ3) is 5.36. The molecule has 2 aliphatic rings. The van der Waals surface area contributed by atoms with Crippen LogP contribution in [0.25, 0.3) is 0 Å². The van der Waals surface area contributed by atoms with Crippen LogP contribution in [0.1, 0.15) is 61.9 Å². The van der Waals surface area contributed by atoms with Gasteiger partial charge in [-0.1, -0.05) is 24.1 Å². The van der Waals surface area contributed by atoms with E-state index in [1.807, 2.05) is 18.3 Å². The minimum absolute atomic E-state index is 0.322. The molecular weight excluding hydrogens is 340 g/mol. The van der Waals surface area contributed by atoms with E-state index in [0.717, 1.165) is 68.8 Å². The highest BCUT2D eigenvalue weighted by molar-refractivity contribution is 5.04. The first-order valence-electron chi connectivity index (χ1n) is 10.4. The molecule has 0 radical (unpaired) electrons. The molecule has 146 valence electrons. The molecule has 1 saturated carbocycles. The molecule has 0 bridgehead atoms. The van der Waals surface area contributed by atoms with Gasteiger partial charge >= 0.3 is 0 Å². The standard InChI is InChI=1S/C21H30N4O2/c1-2-7-17(6-1)16-26-13-10-20-23-21(27-24-20)18-8-5-12-25(14-18)15-19-9-3-4-11-22-19/h3-4,9,11,17-18H,1-2,5-8,10,12-16H2. The number of hydrogen-bond acceptors (Lipinski definition) is 6. The van der Waals surface area contributed by atoms with Crippen LogP contribution >= 0.6 is 0 Å². The molecule has 2 aromatic heterocycles. The lowest BCUT2D eigenvalue weighted by Gasteiger charge is -2.30. The molecule has 2 fully saturated rings. The number of pyridine rings is 1. The van der Waals surface area contributed by atoms with Crippen molar-refractivity contribution in [2.45, 2.75) is 57.4 Å². The van der Waals surface area contributed by atoms with E-state index in [2.05, 4.69) is 26.1 Å². The average molecular weight is 370 g/mol. The predicted octanol–water partition coefficient (Wildman–Crippen LogP) is 3.59. The molecule has 1 atom stereocenters. The van der Waals surface area contributed by atoms with Crippen molar-refractivity contribution in [2.24, 2.45) is 5.92 Å². The van der Waals surface area contributed by atoms with Gasteiger partial charge in [-0.2, -0.15) is 4.98 Å². The van der Waals surface area contributed by atoms with Crippen LogP contribution in [0.3, 0.4) is 0 Å². The molecule has 1 saturated heterocycles. The second kappa shape index (κ2) is 9.42. The maximum absolute atomic E-state index is 5.82. The van der Waals surface area contributed by atoms with E-state index in [1.54, 1.807) is 0 Å². The molecule has 0 spiro atoms. The molecule has 4 rings (SSSR count). The maximum atomic E-state index is 5.82. The summed E-state index contributed by atoms with van der Waals surface area (Å²) in [6, 6.07) is 6.09. The van der Waals surface area contributed by atoms with Gasteiger partial charge in [-0.25, -0.2) is 0 Å². The molecule has 0 aromatic carbocycles. The lowest BCUT2D eigenvalue weighted by atomic mass is 9.98. The van der Waals surface area contributed by atoms with Crippen molar-refractivity contribution >= 4 is 0 Å². The summed E-state index contributed by atoms with van der Waals surface area (Å²) in [6.45, 7) is 4.51. The molecule has 3 heterocycles. The van der Waals surface area contributed by atoms with Crippen molar-refractivity contribution in [1.82, 2.24) is 20.0 Å².